The predicted octanol–water partition coefficient (Wildman–Crippen LogP) is 0.489. The molecule has 1 atom stereocenters. The van der Waals surface area contributed by atoms with Gasteiger partial charge in [-0.25, -0.2) is 0 Å². The van der Waals surface area contributed by atoms with Gasteiger partial charge in [-0.1, -0.05) is 0 Å². The van der Waals surface area contributed by atoms with Gasteiger partial charge in [0.05, 0.1) is 6.42 Å². The molecule has 0 saturated carbocycles. The van der Waals surface area contributed by atoms with Gasteiger partial charge in [-0.3, -0.25) is 4.79 Å². The topological polar surface area (TPSA) is 79.1 Å². The van der Waals surface area contributed by atoms with Crippen molar-refractivity contribution in [2.75, 3.05) is 0 Å². The average molecular weight is 154 g/mol. The Morgan fingerprint density at radius 1 is 1.82 bits per heavy atom. The summed E-state index contributed by atoms with van der Waals surface area (Å²) in [6.45, 7) is 0. The van der Waals surface area contributed by atoms with Gasteiger partial charge in [0.25, 0.3) is 0 Å². The third kappa shape index (κ3) is 2.09. The molecule has 0 aliphatic carbocycles. The molecule has 0 fully saturated rings. The van der Waals surface area contributed by atoms with Gasteiger partial charge in [-0.15, -0.1) is 0 Å². The van der Waals surface area contributed by atoms with Crippen LogP contribution in [0.15, 0.2) is 18.5 Å². The Labute approximate surface area is 64.0 Å². The van der Waals surface area contributed by atoms with Crippen LogP contribution in [-0.4, -0.2) is 16.1 Å². The molecule has 1 aromatic rings. The van der Waals surface area contributed by atoms with Crippen molar-refractivity contribution < 1.29 is 9.90 Å². The highest BCUT2D eigenvalue weighted by atomic mass is 16.4. The SMILES string of the molecule is N[C@@H](CC(=O)O)c1cc[nH]c1. The van der Waals surface area contributed by atoms with E-state index in [0.717, 1.165) is 5.56 Å². The number of aliphatic carboxylic acids is 1. The second-order valence-corrected chi connectivity index (χ2v) is 2.35. The minimum Gasteiger partial charge on any atom is -0.481 e. The van der Waals surface area contributed by atoms with Crippen LogP contribution in [0.25, 0.3) is 0 Å². The third-order valence-corrected chi connectivity index (χ3v) is 1.44. The van der Waals surface area contributed by atoms with E-state index in [1.807, 2.05) is 0 Å². The maximum Gasteiger partial charge on any atom is 0.305 e. The highest BCUT2D eigenvalue weighted by molar-refractivity contribution is 5.67. The molecule has 0 radical (unpaired) electrons. The number of carbonyl (C=O) groups is 1. The highest BCUT2D eigenvalue weighted by Crippen LogP contribution is 2.11. The molecule has 0 aromatic carbocycles. The first kappa shape index (κ1) is 7.81. The lowest BCUT2D eigenvalue weighted by atomic mass is 10.1. The molecular weight excluding hydrogens is 144 g/mol. The summed E-state index contributed by atoms with van der Waals surface area (Å²) in [7, 11) is 0. The summed E-state index contributed by atoms with van der Waals surface area (Å²) < 4.78 is 0. The van der Waals surface area contributed by atoms with E-state index in [9.17, 15) is 4.79 Å². The average Bonchev–Trinajstić information content (AvgIpc) is 2.35. The van der Waals surface area contributed by atoms with E-state index in [0.29, 0.717) is 0 Å². The van der Waals surface area contributed by atoms with Crippen LogP contribution in [0, 0.1) is 0 Å². The fourth-order valence-corrected chi connectivity index (χ4v) is 0.873. The van der Waals surface area contributed by atoms with Crippen LogP contribution < -0.4 is 5.73 Å². The molecule has 0 bridgehead atoms. The molecule has 11 heavy (non-hydrogen) atoms. The van der Waals surface area contributed by atoms with Crippen molar-refractivity contribution in [2.45, 2.75) is 12.5 Å². The van der Waals surface area contributed by atoms with Crippen molar-refractivity contribution in [1.29, 1.82) is 0 Å². The zero-order valence-electron chi connectivity index (χ0n) is 5.95. The normalized spacial score (nSPS) is 12.8. The Kier molecular flexibility index (Phi) is 2.28. The summed E-state index contributed by atoms with van der Waals surface area (Å²) in [4.78, 5) is 13.0. The van der Waals surface area contributed by atoms with E-state index in [1.54, 1.807) is 18.5 Å². The summed E-state index contributed by atoms with van der Waals surface area (Å²) in [6, 6.07) is 1.37. The second kappa shape index (κ2) is 3.21. The molecule has 0 saturated heterocycles. The van der Waals surface area contributed by atoms with Gasteiger partial charge in [0.1, 0.15) is 0 Å². The first-order chi connectivity index (χ1) is 5.20. The van der Waals surface area contributed by atoms with Gasteiger partial charge in [0, 0.05) is 18.4 Å². The van der Waals surface area contributed by atoms with Gasteiger partial charge in [0.15, 0.2) is 0 Å². The lowest BCUT2D eigenvalue weighted by Gasteiger charge is -2.04. The van der Waals surface area contributed by atoms with Crippen LogP contribution >= 0.6 is 0 Å². The number of nitrogens with two attached hydrogens (primary N) is 1. The predicted molar refractivity (Wildman–Crippen MR) is 40.0 cm³/mol. The van der Waals surface area contributed by atoms with Gasteiger partial charge < -0.3 is 15.8 Å². The minimum atomic E-state index is -0.876. The largest absolute Gasteiger partial charge is 0.481 e. The number of aromatic amines is 1. The van der Waals surface area contributed by atoms with Gasteiger partial charge >= 0.3 is 5.97 Å². The zero-order valence-corrected chi connectivity index (χ0v) is 5.95. The first-order valence-corrected chi connectivity index (χ1v) is 3.30. The molecule has 0 unspecified atom stereocenters. The maximum absolute atomic E-state index is 10.2. The number of aromatic nitrogens is 1. The fraction of sp³-hybridized carbons (Fsp3) is 0.286. The van der Waals surface area contributed by atoms with E-state index in [-0.39, 0.29) is 6.42 Å². The Morgan fingerprint density at radius 2 is 2.55 bits per heavy atom. The lowest BCUT2D eigenvalue weighted by molar-refractivity contribution is -0.137. The summed E-state index contributed by atoms with van der Waals surface area (Å²) in [5.74, 6) is -0.876. The summed E-state index contributed by atoms with van der Waals surface area (Å²) in [5, 5.41) is 8.39. The van der Waals surface area contributed by atoms with Crippen LogP contribution in [0.3, 0.4) is 0 Å². The molecule has 4 N–H and O–H groups in total. The van der Waals surface area contributed by atoms with Crippen molar-refractivity contribution in [2.24, 2.45) is 5.73 Å². The number of H-pyrrole nitrogens is 1. The van der Waals surface area contributed by atoms with Crippen LogP contribution in [0.4, 0.5) is 0 Å². The monoisotopic (exact) mass is 154 g/mol. The Bertz CT molecular complexity index is 231. The molecule has 0 amide bonds. The van der Waals surface area contributed by atoms with Crippen molar-refractivity contribution >= 4 is 5.97 Å². The molecule has 0 aliphatic heterocycles. The molecule has 0 spiro atoms. The van der Waals surface area contributed by atoms with Crippen LogP contribution in [0.2, 0.25) is 0 Å². The Morgan fingerprint density at radius 3 is 3.00 bits per heavy atom. The third-order valence-electron chi connectivity index (χ3n) is 1.44. The maximum atomic E-state index is 10.2. The van der Waals surface area contributed by atoms with E-state index < -0.39 is 12.0 Å². The van der Waals surface area contributed by atoms with E-state index >= 15 is 0 Å². The first-order valence-electron chi connectivity index (χ1n) is 3.30. The number of carboxylic acids is 1. The number of nitrogens with one attached hydrogen (secondary N) is 1. The molecule has 1 heterocycles. The van der Waals surface area contributed by atoms with E-state index in [4.69, 9.17) is 10.8 Å². The van der Waals surface area contributed by atoms with E-state index in [1.165, 1.54) is 0 Å². The molecule has 1 rings (SSSR count). The number of hydrogen-bond donors (Lipinski definition) is 3. The van der Waals surface area contributed by atoms with Gasteiger partial charge in [-0.2, -0.15) is 0 Å². The lowest BCUT2D eigenvalue weighted by Crippen LogP contribution is -2.14. The van der Waals surface area contributed by atoms with E-state index in [2.05, 4.69) is 4.98 Å². The number of rotatable bonds is 3. The van der Waals surface area contributed by atoms with Crippen LogP contribution in [-0.2, 0) is 4.79 Å². The highest BCUT2D eigenvalue weighted by Gasteiger charge is 2.09. The Balaban J connectivity index is 2.56. The quantitative estimate of drug-likeness (QED) is 0.592. The fourth-order valence-electron chi connectivity index (χ4n) is 0.873. The number of carboxylic acid groups (broad SMARTS) is 1. The van der Waals surface area contributed by atoms with Crippen LogP contribution in [0.5, 0.6) is 0 Å². The molecule has 0 aliphatic rings. The molecular formula is C7H10N2O2. The van der Waals surface area contributed by atoms with Crippen molar-refractivity contribution in [1.82, 2.24) is 4.98 Å². The summed E-state index contributed by atoms with van der Waals surface area (Å²) in [5.41, 5.74) is 6.37. The Hall–Kier alpha value is -1.29. The van der Waals surface area contributed by atoms with Gasteiger partial charge in [0.2, 0.25) is 0 Å². The van der Waals surface area contributed by atoms with Crippen molar-refractivity contribution in [3.8, 4) is 0 Å². The zero-order chi connectivity index (χ0) is 8.27. The van der Waals surface area contributed by atoms with Crippen molar-refractivity contribution in [3.63, 3.8) is 0 Å². The smallest absolute Gasteiger partial charge is 0.305 e. The molecule has 1 aromatic heterocycles. The molecule has 60 valence electrons. The van der Waals surface area contributed by atoms with Gasteiger partial charge in [-0.05, 0) is 11.6 Å². The standard InChI is InChI=1S/C7H10N2O2/c8-6(3-7(10)11)5-1-2-9-4-5/h1-2,4,6,9H,3,8H2,(H,10,11)/t6-/m0/s1. The summed E-state index contributed by atoms with van der Waals surface area (Å²) in [6.07, 6.45) is 3.39. The minimum absolute atomic E-state index is 0.0299. The second-order valence-electron chi connectivity index (χ2n) is 2.35. The number of hydrogen-bond acceptors (Lipinski definition) is 2. The summed E-state index contributed by atoms with van der Waals surface area (Å²) >= 11 is 0. The molecule has 4 nitrogen and oxygen atoms in total. The van der Waals surface area contributed by atoms with Crippen molar-refractivity contribution in [3.05, 3.63) is 24.0 Å². The molecule has 4 heteroatoms. The van der Waals surface area contributed by atoms with Crippen LogP contribution in [0.1, 0.15) is 18.0 Å².